The maximum Gasteiger partial charge on any atom is 0.269 e. The van der Waals surface area contributed by atoms with E-state index >= 15 is 0 Å². The first-order valence-electron chi connectivity index (χ1n) is 11.0. The van der Waals surface area contributed by atoms with Crippen molar-refractivity contribution in [3.63, 3.8) is 0 Å². The van der Waals surface area contributed by atoms with Gasteiger partial charge in [-0.3, -0.25) is 19.7 Å². The molecule has 1 atom stereocenters. The fourth-order valence-electron chi connectivity index (χ4n) is 3.36. The second-order valence-electron chi connectivity index (χ2n) is 7.77. The number of carbonyl (C=O) groups is 2. The van der Waals surface area contributed by atoms with Crippen molar-refractivity contribution in [1.29, 1.82) is 0 Å². The van der Waals surface area contributed by atoms with Gasteiger partial charge in [-0.05, 0) is 42.8 Å². The summed E-state index contributed by atoms with van der Waals surface area (Å²) in [6, 6.07) is 9.83. The van der Waals surface area contributed by atoms with E-state index in [0.29, 0.717) is 33.5 Å². The molecule has 0 aliphatic heterocycles. The first-order chi connectivity index (χ1) is 17.8. The van der Waals surface area contributed by atoms with E-state index in [1.54, 1.807) is 41.8 Å². The van der Waals surface area contributed by atoms with Crippen molar-refractivity contribution in [2.24, 2.45) is 0 Å². The largest absolute Gasteiger partial charge is 0.497 e. The molecule has 0 spiro atoms. The van der Waals surface area contributed by atoms with Crippen LogP contribution in [-0.4, -0.2) is 56.1 Å². The number of aryl methyl sites for hydroxylation is 1. The number of anilines is 1. The summed E-state index contributed by atoms with van der Waals surface area (Å²) < 4.78 is 6.75. The Labute approximate surface area is 216 Å². The monoisotopic (exact) mass is 526 g/mol. The number of nitro benzene ring substituents is 1. The minimum atomic E-state index is -0.854. The molecule has 13 heteroatoms. The van der Waals surface area contributed by atoms with Crippen molar-refractivity contribution in [2.75, 3.05) is 24.8 Å². The predicted molar refractivity (Wildman–Crippen MR) is 138 cm³/mol. The fraction of sp³-hybridized carbons (Fsp3) is 0.250. The molecule has 0 saturated carbocycles. The van der Waals surface area contributed by atoms with E-state index in [-0.39, 0.29) is 23.9 Å². The van der Waals surface area contributed by atoms with Crippen LogP contribution in [0.15, 0.2) is 60.3 Å². The first kappa shape index (κ1) is 27.4. The SMILES string of the molecule is C=CCn1c(SCC(=O)Nc2ccc([N+](=O)[O-])cc2C)nnc1[C@H](CO)NC(=O)c1ccc(OC)cc1. The molecule has 1 aromatic heterocycles. The summed E-state index contributed by atoms with van der Waals surface area (Å²) in [7, 11) is 1.53. The number of methoxy groups -OCH3 is 1. The molecule has 3 rings (SSSR count). The normalized spacial score (nSPS) is 11.4. The molecule has 3 N–H and O–H groups in total. The number of hydrogen-bond acceptors (Lipinski definition) is 9. The number of allylic oxidation sites excluding steroid dienone is 1. The van der Waals surface area contributed by atoms with E-state index in [1.165, 1.54) is 25.3 Å². The van der Waals surface area contributed by atoms with Gasteiger partial charge in [-0.15, -0.1) is 16.8 Å². The van der Waals surface area contributed by atoms with E-state index in [4.69, 9.17) is 4.74 Å². The van der Waals surface area contributed by atoms with Crippen LogP contribution in [0, 0.1) is 17.0 Å². The third-order valence-electron chi connectivity index (χ3n) is 5.24. The number of non-ortho nitro benzene ring substituents is 1. The third-order valence-corrected chi connectivity index (χ3v) is 6.20. The van der Waals surface area contributed by atoms with E-state index in [2.05, 4.69) is 27.4 Å². The van der Waals surface area contributed by atoms with Crippen LogP contribution in [0.4, 0.5) is 11.4 Å². The maximum atomic E-state index is 12.7. The van der Waals surface area contributed by atoms with Gasteiger partial charge in [0.05, 0.1) is 24.4 Å². The van der Waals surface area contributed by atoms with Gasteiger partial charge in [-0.1, -0.05) is 17.8 Å². The van der Waals surface area contributed by atoms with Crippen molar-refractivity contribution in [3.05, 3.63) is 82.2 Å². The zero-order valence-electron chi connectivity index (χ0n) is 20.2. The van der Waals surface area contributed by atoms with E-state index in [9.17, 15) is 24.8 Å². The standard InChI is InChI=1S/C24H26N6O6S/c1-4-11-29-22(20(13-31)26-23(33)16-5-8-18(36-3)9-6-16)27-28-24(29)37-14-21(32)25-19-10-7-17(30(34)35)12-15(19)2/h4-10,12,20,31H,1,11,13-14H2,2-3H3,(H,25,32)(H,26,33)/t20-/m0/s1. The van der Waals surface area contributed by atoms with Gasteiger partial charge in [0.1, 0.15) is 11.8 Å². The molecule has 0 radical (unpaired) electrons. The summed E-state index contributed by atoms with van der Waals surface area (Å²) >= 11 is 1.11. The lowest BCUT2D eigenvalue weighted by molar-refractivity contribution is -0.384. The number of carbonyl (C=O) groups excluding carboxylic acids is 2. The number of nitro groups is 1. The Morgan fingerprint density at radius 3 is 2.59 bits per heavy atom. The number of thioether (sulfide) groups is 1. The molecule has 12 nitrogen and oxygen atoms in total. The van der Waals surface area contributed by atoms with Crippen LogP contribution in [0.25, 0.3) is 0 Å². The van der Waals surface area contributed by atoms with Crippen molar-refractivity contribution in [2.45, 2.75) is 24.7 Å². The lowest BCUT2D eigenvalue weighted by Gasteiger charge is -2.17. The number of benzene rings is 2. The summed E-state index contributed by atoms with van der Waals surface area (Å²) in [6.07, 6.45) is 1.61. The zero-order chi connectivity index (χ0) is 26.9. The first-order valence-corrected chi connectivity index (χ1v) is 12.0. The second-order valence-corrected chi connectivity index (χ2v) is 8.71. The van der Waals surface area contributed by atoms with Gasteiger partial charge in [0.25, 0.3) is 11.6 Å². The van der Waals surface area contributed by atoms with Crippen molar-refractivity contribution < 1.29 is 24.4 Å². The van der Waals surface area contributed by atoms with Crippen LogP contribution < -0.4 is 15.4 Å². The number of aliphatic hydroxyl groups is 1. The van der Waals surface area contributed by atoms with Gasteiger partial charge in [0, 0.05) is 29.9 Å². The molecule has 194 valence electrons. The van der Waals surface area contributed by atoms with E-state index in [1.807, 2.05) is 0 Å². The average Bonchev–Trinajstić information content (AvgIpc) is 3.29. The molecule has 2 aromatic carbocycles. The molecule has 0 unspecified atom stereocenters. The molecule has 37 heavy (non-hydrogen) atoms. The van der Waals surface area contributed by atoms with Crippen LogP contribution >= 0.6 is 11.8 Å². The third kappa shape index (κ3) is 6.92. The number of ether oxygens (including phenoxy) is 1. The van der Waals surface area contributed by atoms with E-state index in [0.717, 1.165) is 11.8 Å². The Kier molecular flexibility index (Phi) is 9.35. The number of aliphatic hydroxyl groups excluding tert-OH is 1. The lowest BCUT2D eigenvalue weighted by atomic mass is 10.2. The number of nitrogens with one attached hydrogen (secondary N) is 2. The summed E-state index contributed by atoms with van der Waals surface area (Å²) in [5.74, 6) is 0.132. The molecule has 2 amide bonds. The Bertz CT molecular complexity index is 1290. The summed E-state index contributed by atoms with van der Waals surface area (Å²) in [6.45, 7) is 5.25. The van der Waals surface area contributed by atoms with Crippen LogP contribution in [0.5, 0.6) is 5.75 Å². The molecule has 1 heterocycles. The van der Waals surface area contributed by atoms with Gasteiger partial charge in [0.15, 0.2) is 11.0 Å². The number of nitrogens with zero attached hydrogens (tertiary/aromatic N) is 4. The predicted octanol–water partition coefficient (Wildman–Crippen LogP) is 2.88. The second kappa shape index (κ2) is 12.6. The van der Waals surface area contributed by atoms with E-state index < -0.39 is 23.5 Å². The number of hydrogen-bond donors (Lipinski definition) is 3. The van der Waals surface area contributed by atoms with Gasteiger partial charge in [-0.2, -0.15) is 0 Å². The van der Waals surface area contributed by atoms with Crippen molar-refractivity contribution in [3.8, 4) is 5.75 Å². The summed E-state index contributed by atoms with van der Waals surface area (Å²) in [5.41, 5.74) is 1.34. The number of rotatable bonds is 12. The summed E-state index contributed by atoms with van der Waals surface area (Å²) in [5, 5.41) is 35.0. The smallest absolute Gasteiger partial charge is 0.269 e. The maximum absolute atomic E-state index is 12.7. The number of amides is 2. The summed E-state index contributed by atoms with van der Waals surface area (Å²) in [4.78, 5) is 35.6. The Morgan fingerprint density at radius 2 is 2.00 bits per heavy atom. The average molecular weight is 527 g/mol. The highest BCUT2D eigenvalue weighted by Gasteiger charge is 2.23. The molecular formula is C24H26N6O6S. The zero-order valence-corrected chi connectivity index (χ0v) is 21.0. The molecule has 0 aliphatic carbocycles. The Hall–Kier alpha value is -4.23. The minimum absolute atomic E-state index is 0.0201. The quantitative estimate of drug-likeness (QED) is 0.139. The molecule has 0 aliphatic rings. The van der Waals surface area contributed by atoms with Gasteiger partial charge < -0.3 is 25.0 Å². The van der Waals surface area contributed by atoms with Crippen LogP contribution in [0.2, 0.25) is 0 Å². The molecular weight excluding hydrogens is 500 g/mol. The van der Waals surface area contributed by atoms with Crippen molar-refractivity contribution in [1.82, 2.24) is 20.1 Å². The Morgan fingerprint density at radius 1 is 1.27 bits per heavy atom. The van der Waals surface area contributed by atoms with Gasteiger partial charge in [-0.25, -0.2) is 0 Å². The van der Waals surface area contributed by atoms with Crippen molar-refractivity contribution >= 4 is 35.0 Å². The Balaban J connectivity index is 1.69. The van der Waals surface area contributed by atoms with Crippen LogP contribution in [0.1, 0.15) is 27.8 Å². The van der Waals surface area contributed by atoms with Crippen LogP contribution in [-0.2, 0) is 11.3 Å². The highest BCUT2D eigenvalue weighted by Crippen LogP contribution is 2.24. The molecule has 3 aromatic rings. The topological polar surface area (TPSA) is 162 Å². The minimum Gasteiger partial charge on any atom is -0.497 e. The highest BCUT2D eigenvalue weighted by atomic mass is 32.2. The molecule has 0 bridgehead atoms. The molecule has 0 fully saturated rings. The number of aromatic nitrogens is 3. The van der Waals surface area contributed by atoms with Gasteiger partial charge >= 0.3 is 0 Å². The molecule has 0 saturated heterocycles. The highest BCUT2D eigenvalue weighted by molar-refractivity contribution is 7.99. The van der Waals surface area contributed by atoms with Crippen LogP contribution in [0.3, 0.4) is 0 Å². The fourth-order valence-corrected chi connectivity index (χ4v) is 4.11. The van der Waals surface area contributed by atoms with Gasteiger partial charge in [0.2, 0.25) is 5.91 Å². The lowest BCUT2D eigenvalue weighted by Crippen LogP contribution is -2.33.